The lowest BCUT2D eigenvalue weighted by Crippen LogP contribution is -2.45. The highest BCUT2D eigenvalue weighted by Gasteiger charge is 2.60. The number of hydrogen-bond donors (Lipinski definition) is 1. The van der Waals surface area contributed by atoms with Crippen LogP contribution >= 0.6 is 11.8 Å². The molecule has 3 atom stereocenters. The van der Waals surface area contributed by atoms with Crippen LogP contribution in [-0.4, -0.2) is 24.6 Å². The lowest BCUT2D eigenvalue weighted by molar-refractivity contribution is 0.122. The molecule has 1 nitrogen and oxygen atoms in total. The van der Waals surface area contributed by atoms with Gasteiger partial charge >= 0.3 is 0 Å². The molecule has 0 saturated heterocycles. The van der Waals surface area contributed by atoms with Crippen LogP contribution in [0.5, 0.6) is 0 Å². The molecular weight excluding hydrogens is 202 g/mol. The fraction of sp³-hybridized carbons (Fsp3) is 1.00. The molecule has 15 heavy (non-hydrogen) atoms. The third-order valence-electron chi connectivity index (χ3n) is 5.49. The second-order valence-corrected chi connectivity index (χ2v) is 7.10. The quantitative estimate of drug-likeness (QED) is 0.741. The zero-order valence-electron chi connectivity index (χ0n) is 10.6. The summed E-state index contributed by atoms with van der Waals surface area (Å²) in [5.41, 5.74) is 1.11. The molecule has 0 aromatic heterocycles. The van der Waals surface area contributed by atoms with Gasteiger partial charge in [0.15, 0.2) is 0 Å². The van der Waals surface area contributed by atoms with Crippen LogP contribution in [-0.2, 0) is 0 Å². The van der Waals surface area contributed by atoms with Gasteiger partial charge in [-0.2, -0.15) is 11.8 Å². The third kappa shape index (κ3) is 1.64. The minimum atomic E-state index is 0.552. The smallest absolute Gasteiger partial charge is 0.0129 e. The Bertz CT molecular complexity index is 239. The second-order valence-electron chi connectivity index (χ2n) is 6.11. The van der Waals surface area contributed by atoms with E-state index in [1.54, 1.807) is 0 Å². The van der Waals surface area contributed by atoms with E-state index in [-0.39, 0.29) is 0 Å². The maximum absolute atomic E-state index is 3.79. The van der Waals surface area contributed by atoms with E-state index in [4.69, 9.17) is 0 Å². The fourth-order valence-electron chi connectivity index (χ4n) is 3.85. The summed E-state index contributed by atoms with van der Waals surface area (Å²) in [6.07, 6.45) is 6.50. The maximum Gasteiger partial charge on any atom is 0.0129 e. The minimum Gasteiger partial charge on any atom is -0.313 e. The first kappa shape index (κ1) is 11.8. The molecule has 0 radical (unpaired) electrons. The topological polar surface area (TPSA) is 12.0 Å². The fourth-order valence-corrected chi connectivity index (χ4v) is 4.17. The van der Waals surface area contributed by atoms with Crippen molar-refractivity contribution in [2.45, 2.75) is 46.1 Å². The van der Waals surface area contributed by atoms with Gasteiger partial charge in [-0.3, -0.25) is 0 Å². The van der Waals surface area contributed by atoms with Crippen LogP contribution in [0.4, 0.5) is 0 Å². The van der Waals surface area contributed by atoms with Crippen LogP contribution in [0.15, 0.2) is 0 Å². The van der Waals surface area contributed by atoms with Gasteiger partial charge in [-0.05, 0) is 42.3 Å². The zero-order chi connectivity index (χ0) is 11.1. The van der Waals surface area contributed by atoms with E-state index in [1.165, 1.54) is 31.6 Å². The number of nitrogens with one attached hydrogen (secondary N) is 1. The highest BCUT2D eigenvalue weighted by molar-refractivity contribution is 7.98. The number of thioether (sulfide) groups is 1. The van der Waals surface area contributed by atoms with E-state index in [9.17, 15) is 0 Å². The Balaban J connectivity index is 1.99. The Morgan fingerprint density at radius 2 is 2.07 bits per heavy atom. The highest BCUT2D eigenvalue weighted by atomic mass is 32.2. The van der Waals surface area contributed by atoms with Gasteiger partial charge in [-0.15, -0.1) is 0 Å². The predicted molar refractivity (Wildman–Crippen MR) is 69.4 cm³/mol. The van der Waals surface area contributed by atoms with E-state index in [0.29, 0.717) is 10.8 Å². The number of rotatable bonds is 4. The first-order valence-corrected chi connectivity index (χ1v) is 7.64. The average Bonchev–Trinajstić information content (AvgIpc) is 2.51. The van der Waals surface area contributed by atoms with Gasteiger partial charge < -0.3 is 5.32 Å². The summed E-state index contributed by atoms with van der Waals surface area (Å²) >= 11 is 1.94. The summed E-state index contributed by atoms with van der Waals surface area (Å²) in [5, 5.41) is 3.79. The van der Waals surface area contributed by atoms with Crippen LogP contribution in [0, 0.1) is 16.7 Å². The van der Waals surface area contributed by atoms with Gasteiger partial charge in [0.2, 0.25) is 0 Å². The summed E-state index contributed by atoms with van der Waals surface area (Å²) in [4.78, 5) is 0. The van der Waals surface area contributed by atoms with Gasteiger partial charge in [0, 0.05) is 18.3 Å². The molecule has 0 amide bonds. The van der Waals surface area contributed by atoms with E-state index in [0.717, 1.165) is 12.0 Å². The molecule has 0 aliphatic heterocycles. The van der Waals surface area contributed by atoms with Crippen molar-refractivity contribution in [1.82, 2.24) is 5.32 Å². The lowest BCUT2D eigenvalue weighted by atomic mass is 9.69. The van der Waals surface area contributed by atoms with Crippen molar-refractivity contribution in [3.63, 3.8) is 0 Å². The molecule has 0 aromatic rings. The minimum absolute atomic E-state index is 0.552. The Morgan fingerprint density at radius 1 is 1.33 bits per heavy atom. The molecular formula is C13H25NS. The molecule has 88 valence electrons. The molecule has 0 spiro atoms. The first-order valence-electron chi connectivity index (χ1n) is 6.24. The average molecular weight is 227 g/mol. The molecule has 2 aliphatic rings. The Labute approximate surface area is 98.8 Å². The van der Waals surface area contributed by atoms with Gasteiger partial charge in [-0.1, -0.05) is 20.8 Å². The lowest BCUT2D eigenvalue weighted by Gasteiger charge is -2.39. The van der Waals surface area contributed by atoms with E-state index >= 15 is 0 Å². The number of fused-ring (bicyclic) bond motifs is 2. The van der Waals surface area contributed by atoms with Crippen molar-refractivity contribution in [2.75, 3.05) is 18.6 Å². The van der Waals surface area contributed by atoms with Crippen molar-refractivity contribution < 1.29 is 0 Å². The molecule has 2 aliphatic carbocycles. The SMILES string of the molecule is CSCCNC1CC2CC[C@@]1(C)C2(C)C. The largest absolute Gasteiger partial charge is 0.313 e. The van der Waals surface area contributed by atoms with E-state index < -0.39 is 0 Å². The van der Waals surface area contributed by atoms with E-state index in [1.807, 2.05) is 11.8 Å². The monoisotopic (exact) mass is 227 g/mol. The van der Waals surface area contributed by atoms with Gasteiger partial charge in [0.1, 0.15) is 0 Å². The Hall–Kier alpha value is 0.310. The standard InChI is InChI=1S/C13H25NS/c1-12(2)10-5-6-13(12,3)11(9-10)14-7-8-15-4/h10-11,14H,5-9H2,1-4H3/t10?,11?,13-/m1/s1. The zero-order valence-corrected chi connectivity index (χ0v) is 11.4. The Kier molecular flexibility index (Phi) is 3.11. The van der Waals surface area contributed by atoms with Crippen LogP contribution in [0.2, 0.25) is 0 Å². The van der Waals surface area contributed by atoms with Crippen LogP contribution in [0.25, 0.3) is 0 Å². The highest BCUT2D eigenvalue weighted by Crippen LogP contribution is 2.65. The molecule has 2 fully saturated rings. The third-order valence-corrected chi connectivity index (χ3v) is 6.10. The van der Waals surface area contributed by atoms with Gasteiger partial charge in [0.25, 0.3) is 0 Å². The van der Waals surface area contributed by atoms with Crippen molar-refractivity contribution >= 4 is 11.8 Å². The van der Waals surface area contributed by atoms with Gasteiger partial charge in [0.05, 0.1) is 0 Å². The predicted octanol–water partition coefficient (Wildman–Crippen LogP) is 3.15. The van der Waals surface area contributed by atoms with Crippen molar-refractivity contribution in [1.29, 1.82) is 0 Å². The molecule has 1 N–H and O–H groups in total. The van der Waals surface area contributed by atoms with E-state index in [2.05, 4.69) is 32.3 Å². The molecule has 2 bridgehead atoms. The summed E-state index contributed by atoms with van der Waals surface area (Å²) in [6.45, 7) is 8.67. The first-order chi connectivity index (χ1) is 7.02. The maximum atomic E-state index is 3.79. The summed E-state index contributed by atoms with van der Waals surface area (Å²) in [5.74, 6) is 2.21. The molecule has 2 unspecified atom stereocenters. The summed E-state index contributed by atoms with van der Waals surface area (Å²) in [7, 11) is 0. The molecule has 2 heteroatoms. The normalized spacial score (nSPS) is 42.4. The second kappa shape index (κ2) is 3.96. The van der Waals surface area contributed by atoms with Crippen molar-refractivity contribution in [3.8, 4) is 0 Å². The molecule has 2 saturated carbocycles. The van der Waals surface area contributed by atoms with Crippen LogP contribution in [0.3, 0.4) is 0 Å². The van der Waals surface area contributed by atoms with Gasteiger partial charge in [-0.25, -0.2) is 0 Å². The molecule has 0 heterocycles. The molecule has 2 rings (SSSR count). The molecule has 0 aromatic carbocycles. The summed E-state index contributed by atoms with van der Waals surface area (Å²) in [6, 6.07) is 0.776. The van der Waals surface area contributed by atoms with Crippen LogP contribution < -0.4 is 5.32 Å². The van der Waals surface area contributed by atoms with Crippen molar-refractivity contribution in [3.05, 3.63) is 0 Å². The van der Waals surface area contributed by atoms with Crippen LogP contribution in [0.1, 0.15) is 40.0 Å². The van der Waals surface area contributed by atoms with Crippen molar-refractivity contribution in [2.24, 2.45) is 16.7 Å². The Morgan fingerprint density at radius 3 is 2.53 bits per heavy atom. The number of hydrogen-bond acceptors (Lipinski definition) is 2. The summed E-state index contributed by atoms with van der Waals surface area (Å²) < 4.78 is 0.